The van der Waals surface area contributed by atoms with E-state index in [4.69, 9.17) is 0 Å². The van der Waals surface area contributed by atoms with Crippen LogP contribution < -0.4 is 0 Å². The average molecular weight is 160 g/mol. The molecule has 1 aliphatic rings. The minimum absolute atomic E-state index is 0.222. The van der Waals surface area contributed by atoms with Crippen molar-refractivity contribution in [1.29, 1.82) is 0 Å². The molecule has 1 unspecified atom stereocenters. The molecule has 0 bridgehead atoms. The number of hydrogen-bond acceptors (Lipinski definition) is 0. The Balaban J connectivity index is 2.92. The first-order valence-corrected chi connectivity index (χ1v) is 3.18. The standard InChI is InChI=1S/C8H7F3/c1-6-4-2-3-5-7(6)8(9,10)11/h2-3,5,7H,1H3. The Hall–Kier alpha value is -0.950. The topological polar surface area (TPSA) is 0 Å². The molecule has 0 amide bonds. The zero-order chi connectivity index (χ0) is 8.48. The molecule has 0 saturated carbocycles. The maximum Gasteiger partial charge on any atom is 0.399 e. The van der Waals surface area contributed by atoms with Gasteiger partial charge in [0.25, 0.3) is 0 Å². The number of alkyl halides is 3. The molecule has 60 valence electrons. The van der Waals surface area contributed by atoms with Gasteiger partial charge < -0.3 is 0 Å². The molecule has 0 spiro atoms. The first-order chi connectivity index (χ1) is 5.02. The van der Waals surface area contributed by atoms with Crippen molar-refractivity contribution in [3.8, 4) is 0 Å². The van der Waals surface area contributed by atoms with Gasteiger partial charge in [0.1, 0.15) is 5.92 Å². The fourth-order valence-corrected chi connectivity index (χ4v) is 0.935. The van der Waals surface area contributed by atoms with Crippen LogP contribution in [0.3, 0.4) is 0 Å². The molecule has 0 saturated heterocycles. The summed E-state index contributed by atoms with van der Waals surface area (Å²) in [6.07, 6.45) is -0.184. The maximum atomic E-state index is 12.1. The van der Waals surface area contributed by atoms with E-state index in [1.807, 2.05) is 0 Å². The van der Waals surface area contributed by atoms with Crippen LogP contribution in [0.4, 0.5) is 13.2 Å². The van der Waals surface area contributed by atoms with Gasteiger partial charge in [-0.3, -0.25) is 0 Å². The summed E-state index contributed by atoms with van der Waals surface area (Å²) in [6, 6.07) is 0. The fraction of sp³-hybridized carbons (Fsp3) is 0.375. The Morgan fingerprint density at radius 3 is 2.45 bits per heavy atom. The third-order valence-corrected chi connectivity index (χ3v) is 1.53. The van der Waals surface area contributed by atoms with E-state index < -0.39 is 12.1 Å². The largest absolute Gasteiger partial charge is 0.399 e. The minimum atomic E-state index is -4.16. The highest BCUT2D eigenvalue weighted by molar-refractivity contribution is 5.22. The summed E-state index contributed by atoms with van der Waals surface area (Å²) in [4.78, 5) is 0. The highest BCUT2D eigenvalue weighted by atomic mass is 19.4. The van der Waals surface area contributed by atoms with Crippen LogP contribution in [0, 0.1) is 5.92 Å². The molecule has 0 fully saturated rings. The Morgan fingerprint density at radius 2 is 2.09 bits per heavy atom. The van der Waals surface area contributed by atoms with Gasteiger partial charge in [0.05, 0.1) is 0 Å². The van der Waals surface area contributed by atoms with Crippen molar-refractivity contribution in [2.75, 3.05) is 0 Å². The summed E-state index contributed by atoms with van der Waals surface area (Å²) >= 11 is 0. The Morgan fingerprint density at radius 1 is 1.45 bits per heavy atom. The van der Waals surface area contributed by atoms with Crippen molar-refractivity contribution in [3.05, 3.63) is 29.5 Å². The minimum Gasteiger partial charge on any atom is -0.170 e. The van der Waals surface area contributed by atoms with Gasteiger partial charge in [0.2, 0.25) is 0 Å². The van der Waals surface area contributed by atoms with E-state index >= 15 is 0 Å². The van der Waals surface area contributed by atoms with Crippen molar-refractivity contribution in [2.45, 2.75) is 13.1 Å². The van der Waals surface area contributed by atoms with Crippen LogP contribution in [0.5, 0.6) is 0 Å². The summed E-state index contributed by atoms with van der Waals surface area (Å²) in [7, 11) is 0. The van der Waals surface area contributed by atoms with Gasteiger partial charge in [-0.25, -0.2) is 0 Å². The van der Waals surface area contributed by atoms with Crippen LogP contribution in [0.25, 0.3) is 0 Å². The lowest BCUT2D eigenvalue weighted by Crippen LogP contribution is -2.22. The van der Waals surface area contributed by atoms with Gasteiger partial charge in [-0.15, -0.1) is 5.73 Å². The third-order valence-electron chi connectivity index (χ3n) is 1.53. The molecule has 0 aromatic heterocycles. The molecule has 1 aliphatic carbocycles. The zero-order valence-corrected chi connectivity index (χ0v) is 5.94. The van der Waals surface area contributed by atoms with Gasteiger partial charge in [0, 0.05) is 0 Å². The predicted molar refractivity (Wildman–Crippen MR) is 36.0 cm³/mol. The molecule has 1 atom stereocenters. The number of allylic oxidation sites excluding steroid dienone is 3. The monoisotopic (exact) mass is 160 g/mol. The Kier molecular flexibility index (Phi) is 1.92. The van der Waals surface area contributed by atoms with Crippen LogP contribution in [0.2, 0.25) is 0 Å². The molecule has 11 heavy (non-hydrogen) atoms. The van der Waals surface area contributed by atoms with Crippen LogP contribution in [-0.2, 0) is 0 Å². The zero-order valence-electron chi connectivity index (χ0n) is 5.94. The van der Waals surface area contributed by atoms with E-state index in [1.165, 1.54) is 19.1 Å². The maximum absolute atomic E-state index is 12.1. The summed E-state index contributed by atoms with van der Waals surface area (Å²) in [5, 5.41) is 0. The lowest BCUT2D eigenvalue weighted by molar-refractivity contribution is -0.151. The summed E-state index contributed by atoms with van der Waals surface area (Å²) in [5.41, 5.74) is 2.75. The predicted octanol–water partition coefficient (Wildman–Crippen LogP) is 2.84. The summed E-state index contributed by atoms with van der Waals surface area (Å²) < 4.78 is 36.2. The van der Waals surface area contributed by atoms with E-state index in [9.17, 15) is 13.2 Å². The van der Waals surface area contributed by atoms with E-state index in [-0.39, 0.29) is 5.57 Å². The molecule has 0 nitrogen and oxygen atoms in total. The van der Waals surface area contributed by atoms with Gasteiger partial charge >= 0.3 is 6.18 Å². The normalized spacial score (nSPS) is 23.6. The molecule has 0 N–H and O–H groups in total. The Labute approximate surface area is 62.7 Å². The molecule has 3 heteroatoms. The third kappa shape index (κ3) is 1.75. The van der Waals surface area contributed by atoms with Crippen molar-refractivity contribution in [1.82, 2.24) is 0 Å². The highest BCUT2D eigenvalue weighted by Gasteiger charge is 2.39. The van der Waals surface area contributed by atoms with E-state index in [0.717, 1.165) is 6.08 Å². The van der Waals surface area contributed by atoms with Crippen molar-refractivity contribution in [3.63, 3.8) is 0 Å². The molecule has 0 aliphatic heterocycles. The number of hydrogen-bond donors (Lipinski definition) is 0. The van der Waals surface area contributed by atoms with Gasteiger partial charge in [0.15, 0.2) is 0 Å². The summed E-state index contributed by atoms with van der Waals surface area (Å²) in [5.74, 6) is -1.44. The molecule has 0 radical (unpaired) electrons. The van der Waals surface area contributed by atoms with Gasteiger partial charge in [-0.1, -0.05) is 12.2 Å². The Bertz CT molecular complexity index is 239. The molecular weight excluding hydrogens is 153 g/mol. The summed E-state index contributed by atoms with van der Waals surface area (Å²) in [6.45, 7) is 1.43. The van der Waals surface area contributed by atoms with Crippen LogP contribution in [0.1, 0.15) is 6.92 Å². The van der Waals surface area contributed by atoms with Crippen LogP contribution >= 0.6 is 0 Å². The number of halogens is 3. The quantitative estimate of drug-likeness (QED) is 0.478. The van der Waals surface area contributed by atoms with Crippen molar-refractivity contribution in [2.24, 2.45) is 5.92 Å². The van der Waals surface area contributed by atoms with Crippen LogP contribution in [-0.4, -0.2) is 6.18 Å². The second-order valence-electron chi connectivity index (χ2n) is 2.40. The van der Waals surface area contributed by atoms with Crippen LogP contribution in [0.15, 0.2) is 29.5 Å². The highest BCUT2D eigenvalue weighted by Crippen LogP contribution is 2.33. The first-order valence-electron chi connectivity index (χ1n) is 3.18. The lowest BCUT2D eigenvalue weighted by atomic mass is 9.98. The SMILES string of the molecule is CC1=C=CC=CC1C(F)(F)F. The second-order valence-corrected chi connectivity index (χ2v) is 2.40. The van der Waals surface area contributed by atoms with E-state index in [1.54, 1.807) is 0 Å². The lowest BCUT2D eigenvalue weighted by Gasteiger charge is -2.16. The average Bonchev–Trinajstić information content (AvgIpc) is 1.86. The second kappa shape index (κ2) is 2.59. The van der Waals surface area contributed by atoms with Gasteiger partial charge in [-0.05, 0) is 18.6 Å². The van der Waals surface area contributed by atoms with E-state index in [0.29, 0.717) is 0 Å². The fourth-order valence-electron chi connectivity index (χ4n) is 0.935. The van der Waals surface area contributed by atoms with Crippen molar-refractivity contribution < 1.29 is 13.2 Å². The molecule has 1 rings (SSSR count). The van der Waals surface area contributed by atoms with E-state index in [2.05, 4.69) is 5.73 Å². The smallest absolute Gasteiger partial charge is 0.170 e. The van der Waals surface area contributed by atoms with Crippen molar-refractivity contribution >= 4 is 0 Å². The number of rotatable bonds is 0. The molecule has 0 aromatic carbocycles. The molecule has 0 aromatic rings. The molecule has 0 heterocycles. The van der Waals surface area contributed by atoms with Gasteiger partial charge in [-0.2, -0.15) is 13.2 Å². The first kappa shape index (κ1) is 8.15. The molecular formula is C8H7F3.